The Morgan fingerprint density at radius 1 is 1.67 bits per heavy atom. The maximum Gasteiger partial charge on any atom is 0.0994 e. The van der Waals surface area contributed by atoms with Crippen LogP contribution in [0.25, 0.3) is 0 Å². The van der Waals surface area contributed by atoms with Gasteiger partial charge in [-0.3, -0.25) is 5.10 Å². The van der Waals surface area contributed by atoms with Crippen LogP contribution >= 0.6 is 0 Å². The molecule has 0 unspecified atom stereocenters. The van der Waals surface area contributed by atoms with Crippen molar-refractivity contribution in [1.82, 2.24) is 10.2 Å². The van der Waals surface area contributed by atoms with Gasteiger partial charge in [-0.2, -0.15) is 5.10 Å². The number of hydrogen-bond donors (Lipinski definition) is 2. The third-order valence-electron chi connectivity index (χ3n) is 2.24. The molecule has 0 bridgehead atoms. The summed E-state index contributed by atoms with van der Waals surface area (Å²) in [5.41, 5.74) is 6.56. The number of hydrogen-bond acceptors (Lipinski definition) is 3. The van der Waals surface area contributed by atoms with Crippen LogP contribution in [0.15, 0.2) is 12.3 Å². The quantitative estimate of drug-likeness (QED) is 0.677. The van der Waals surface area contributed by atoms with E-state index >= 15 is 0 Å². The van der Waals surface area contributed by atoms with E-state index < -0.39 is 0 Å². The highest BCUT2D eigenvalue weighted by Gasteiger charge is 2.25. The first-order chi connectivity index (χ1) is 5.90. The largest absolute Gasteiger partial charge is 0.367 e. The van der Waals surface area contributed by atoms with E-state index in [1.807, 2.05) is 6.07 Å². The lowest BCUT2D eigenvalue weighted by Crippen LogP contribution is -2.18. The van der Waals surface area contributed by atoms with E-state index in [1.54, 1.807) is 6.20 Å². The van der Waals surface area contributed by atoms with Crippen LogP contribution in [0.4, 0.5) is 0 Å². The highest BCUT2D eigenvalue weighted by atomic mass is 16.5. The summed E-state index contributed by atoms with van der Waals surface area (Å²) in [5.74, 6) is 0. The number of aromatic amines is 1. The van der Waals surface area contributed by atoms with Crippen molar-refractivity contribution in [1.29, 1.82) is 0 Å². The first kappa shape index (κ1) is 7.76. The van der Waals surface area contributed by atoms with Gasteiger partial charge in [0.15, 0.2) is 0 Å². The average molecular weight is 167 g/mol. The van der Waals surface area contributed by atoms with Crippen LogP contribution in [0.5, 0.6) is 0 Å². The molecule has 0 amide bonds. The van der Waals surface area contributed by atoms with Crippen LogP contribution in [0, 0.1) is 0 Å². The van der Waals surface area contributed by atoms with Crippen LogP contribution < -0.4 is 5.73 Å². The second-order valence-corrected chi connectivity index (χ2v) is 3.07. The van der Waals surface area contributed by atoms with Crippen LogP contribution in [0.1, 0.15) is 24.6 Å². The number of nitrogens with two attached hydrogens (primary N) is 1. The van der Waals surface area contributed by atoms with E-state index in [1.165, 1.54) is 0 Å². The van der Waals surface area contributed by atoms with Crippen molar-refractivity contribution < 1.29 is 4.74 Å². The topological polar surface area (TPSA) is 63.9 Å². The molecule has 0 spiro atoms. The third-order valence-corrected chi connectivity index (χ3v) is 2.24. The fourth-order valence-electron chi connectivity index (χ4n) is 1.55. The summed E-state index contributed by atoms with van der Waals surface area (Å²) in [6.07, 6.45) is 4.26. The van der Waals surface area contributed by atoms with Gasteiger partial charge >= 0.3 is 0 Å². The molecule has 2 atom stereocenters. The van der Waals surface area contributed by atoms with Gasteiger partial charge in [-0.1, -0.05) is 0 Å². The molecule has 1 aromatic heterocycles. The lowest BCUT2D eigenvalue weighted by molar-refractivity contribution is 0.0474. The molecule has 1 aliphatic rings. The number of H-pyrrole nitrogens is 1. The molecule has 2 rings (SSSR count). The van der Waals surface area contributed by atoms with Crippen LogP contribution in [-0.4, -0.2) is 22.8 Å². The van der Waals surface area contributed by atoms with E-state index in [0.29, 0.717) is 6.54 Å². The Morgan fingerprint density at radius 2 is 2.58 bits per heavy atom. The Balaban J connectivity index is 2.00. The molecule has 1 fully saturated rings. The molecule has 0 saturated carbocycles. The molecule has 0 aliphatic carbocycles. The van der Waals surface area contributed by atoms with Crippen molar-refractivity contribution in [2.75, 3.05) is 6.54 Å². The number of aromatic nitrogens is 2. The molecule has 4 nitrogen and oxygen atoms in total. The van der Waals surface area contributed by atoms with E-state index in [-0.39, 0.29) is 12.2 Å². The summed E-state index contributed by atoms with van der Waals surface area (Å²) in [5, 5.41) is 6.79. The molecule has 1 aromatic rings. The summed E-state index contributed by atoms with van der Waals surface area (Å²) in [4.78, 5) is 0. The number of nitrogens with one attached hydrogen (secondary N) is 1. The van der Waals surface area contributed by atoms with Crippen molar-refractivity contribution >= 4 is 0 Å². The maximum absolute atomic E-state index is 5.66. The summed E-state index contributed by atoms with van der Waals surface area (Å²) >= 11 is 0. The van der Waals surface area contributed by atoms with Crippen LogP contribution in [0.2, 0.25) is 0 Å². The van der Waals surface area contributed by atoms with E-state index in [9.17, 15) is 0 Å². The molecular formula is C8H13N3O. The van der Waals surface area contributed by atoms with Crippen molar-refractivity contribution in [3.63, 3.8) is 0 Å². The average Bonchev–Trinajstić information content (AvgIpc) is 2.75. The Bertz CT molecular complexity index is 234. The molecule has 0 radical (unpaired) electrons. The highest BCUT2D eigenvalue weighted by Crippen LogP contribution is 2.30. The predicted octanol–water partition coefficient (Wildman–Crippen LogP) is 0.588. The van der Waals surface area contributed by atoms with Crippen molar-refractivity contribution in [2.24, 2.45) is 5.73 Å². The van der Waals surface area contributed by atoms with E-state index in [4.69, 9.17) is 10.5 Å². The molecule has 2 heterocycles. The second-order valence-electron chi connectivity index (χ2n) is 3.07. The predicted molar refractivity (Wildman–Crippen MR) is 44.5 cm³/mol. The Labute approximate surface area is 71.1 Å². The minimum Gasteiger partial charge on any atom is -0.367 e. The van der Waals surface area contributed by atoms with E-state index in [2.05, 4.69) is 10.2 Å². The first-order valence-corrected chi connectivity index (χ1v) is 4.25. The minimum atomic E-state index is 0.182. The normalized spacial score (nSPS) is 29.4. The first-order valence-electron chi connectivity index (χ1n) is 4.25. The standard InChI is InChI=1S/C8H13N3O/c9-5-6-1-2-8(12-6)7-3-4-10-11-7/h3-4,6,8H,1-2,5,9H2,(H,10,11)/t6-,8+/m0/s1. The zero-order chi connectivity index (χ0) is 8.39. The van der Waals surface area contributed by atoms with E-state index in [0.717, 1.165) is 18.5 Å². The number of nitrogens with zero attached hydrogens (tertiary/aromatic N) is 1. The van der Waals surface area contributed by atoms with Gasteiger partial charge < -0.3 is 10.5 Å². The Kier molecular flexibility index (Phi) is 2.10. The van der Waals surface area contributed by atoms with Gasteiger partial charge in [-0.15, -0.1) is 0 Å². The summed E-state index contributed by atoms with van der Waals surface area (Å²) < 4.78 is 5.66. The minimum absolute atomic E-state index is 0.182. The van der Waals surface area contributed by atoms with Crippen LogP contribution in [-0.2, 0) is 4.74 Å². The van der Waals surface area contributed by atoms with Crippen molar-refractivity contribution in [3.05, 3.63) is 18.0 Å². The summed E-state index contributed by atoms with van der Waals surface area (Å²) in [7, 11) is 0. The SMILES string of the molecule is NC[C@@H]1CC[C@H](c2ccn[nH]2)O1. The lowest BCUT2D eigenvalue weighted by Gasteiger charge is -2.09. The number of rotatable bonds is 2. The fourth-order valence-corrected chi connectivity index (χ4v) is 1.55. The maximum atomic E-state index is 5.66. The second kappa shape index (κ2) is 3.25. The van der Waals surface area contributed by atoms with Gasteiger partial charge in [0.25, 0.3) is 0 Å². The zero-order valence-electron chi connectivity index (χ0n) is 6.86. The molecule has 66 valence electrons. The van der Waals surface area contributed by atoms with Gasteiger partial charge in [0, 0.05) is 12.7 Å². The third kappa shape index (κ3) is 1.35. The Hall–Kier alpha value is -0.870. The van der Waals surface area contributed by atoms with Gasteiger partial charge in [0.05, 0.1) is 17.9 Å². The Morgan fingerprint density at radius 3 is 3.17 bits per heavy atom. The molecule has 0 aromatic carbocycles. The molecule has 4 heteroatoms. The van der Waals surface area contributed by atoms with Crippen molar-refractivity contribution in [3.8, 4) is 0 Å². The molecule has 1 aliphatic heterocycles. The summed E-state index contributed by atoms with van der Waals surface area (Å²) in [6, 6.07) is 1.95. The van der Waals surface area contributed by atoms with Gasteiger partial charge in [-0.05, 0) is 18.9 Å². The molecule has 1 saturated heterocycles. The van der Waals surface area contributed by atoms with Gasteiger partial charge in [0.1, 0.15) is 0 Å². The lowest BCUT2D eigenvalue weighted by atomic mass is 10.1. The monoisotopic (exact) mass is 167 g/mol. The van der Waals surface area contributed by atoms with Gasteiger partial charge in [0.2, 0.25) is 0 Å². The molecular weight excluding hydrogens is 154 g/mol. The fraction of sp³-hybridized carbons (Fsp3) is 0.625. The molecule has 12 heavy (non-hydrogen) atoms. The van der Waals surface area contributed by atoms with Crippen molar-refractivity contribution in [2.45, 2.75) is 25.0 Å². The zero-order valence-corrected chi connectivity index (χ0v) is 6.86. The van der Waals surface area contributed by atoms with Crippen LogP contribution in [0.3, 0.4) is 0 Å². The number of ether oxygens (including phenoxy) is 1. The molecule has 3 N–H and O–H groups in total. The smallest absolute Gasteiger partial charge is 0.0994 e. The van der Waals surface area contributed by atoms with Gasteiger partial charge in [-0.25, -0.2) is 0 Å². The highest BCUT2D eigenvalue weighted by molar-refractivity contribution is 5.03. The summed E-state index contributed by atoms with van der Waals surface area (Å²) in [6.45, 7) is 0.616.